The van der Waals surface area contributed by atoms with E-state index >= 15 is 0 Å². The van der Waals surface area contributed by atoms with Crippen LogP contribution in [0.2, 0.25) is 15.1 Å². The fraction of sp³-hybridized carbons (Fsp3) is 0.0889. The van der Waals surface area contributed by atoms with Crippen molar-refractivity contribution in [3.8, 4) is 0 Å². The van der Waals surface area contributed by atoms with Gasteiger partial charge < -0.3 is 25.5 Å². The van der Waals surface area contributed by atoms with Gasteiger partial charge in [0, 0.05) is 70.3 Å². The first-order valence-corrected chi connectivity index (χ1v) is 27.3. The van der Waals surface area contributed by atoms with Gasteiger partial charge in [-0.05, 0) is 101 Å². The molecule has 0 aliphatic rings. The molecule has 0 atom stereocenters. The van der Waals surface area contributed by atoms with Crippen molar-refractivity contribution in [2.75, 3.05) is 6.54 Å². The molecule has 1 aromatic heterocycles. The van der Waals surface area contributed by atoms with Crippen LogP contribution in [0.4, 0.5) is 13.2 Å². The van der Waals surface area contributed by atoms with Crippen LogP contribution >= 0.6 is 128 Å². The van der Waals surface area contributed by atoms with Crippen molar-refractivity contribution in [3.05, 3.63) is 190 Å². The van der Waals surface area contributed by atoms with Crippen LogP contribution in [0.3, 0.4) is 0 Å². The lowest BCUT2D eigenvalue weighted by Crippen LogP contribution is -2.15. The topological polar surface area (TPSA) is 211 Å². The van der Waals surface area contributed by atoms with E-state index in [1.165, 1.54) is 42.5 Å². The molecular formula is C45H36Br2Cl3F3I3N3O9. The Hall–Kier alpha value is -3.76. The fourth-order valence-electron chi connectivity index (χ4n) is 4.41. The largest absolute Gasteiger partial charge is 0.481 e. The fourth-order valence-corrected chi connectivity index (χ4v) is 5.61. The number of hydrogen-bond acceptors (Lipinski definition) is 9. The Morgan fingerprint density at radius 1 is 0.647 bits per heavy atom. The molecule has 0 bridgehead atoms. The summed E-state index contributed by atoms with van der Waals surface area (Å²) in [6.07, 6.45) is 6.39. The predicted octanol–water partition coefficient (Wildman–Crippen LogP) is 13.7. The number of carboxylic acids is 3. The van der Waals surface area contributed by atoms with Gasteiger partial charge in [-0.3, -0.25) is 19.2 Å². The zero-order valence-corrected chi connectivity index (χ0v) is 46.6. The summed E-state index contributed by atoms with van der Waals surface area (Å²) in [4.78, 5) is 50.1. The molecule has 5 N–H and O–H groups in total. The van der Waals surface area contributed by atoms with Gasteiger partial charge in [-0.2, -0.15) is 0 Å². The molecule has 362 valence electrons. The number of aliphatic carboxylic acids is 3. The normalized spacial score (nSPS) is 9.87. The van der Waals surface area contributed by atoms with Crippen LogP contribution in [0.25, 0.3) is 18.2 Å². The number of rotatable bonds is 12. The molecule has 0 unspecified atom stereocenters. The van der Waals surface area contributed by atoms with Gasteiger partial charge in [-0.15, -0.1) is 34.2 Å². The summed E-state index contributed by atoms with van der Waals surface area (Å²) in [6.45, 7) is 0.121. The van der Waals surface area contributed by atoms with E-state index in [0.717, 1.165) is 38.3 Å². The van der Waals surface area contributed by atoms with Crippen molar-refractivity contribution in [1.82, 2.24) is 10.2 Å². The lowest BCUT2D eigenvalue weighted by atomic mass is 10.1. The van der Waals surface area contributed by atoms with Crippen LogP contribution < -0.4 is 5.73 Å². The molecule has 0 aliphatic carbocycles. The van der Waals surface area contributed by atoms with Crippen molar-refractivity contribution in [3.63, 3.8) is 0 Å². The summed E-state index contributed by atoms with van der Waals surface area (Å²) < 4.78 is 45.4. The summed E-state index contributed by atoms with van der Waals surface area (Å²) in [5, 5.41) is 32.4. The van der Waals surface area contributed by atoms with Crippen LogP contribution in [0.15, 0.2) is 123 Å². The molecule has 5 aromatic carbocycles. The lowest BCUT2D eigenvalue weighted by Gasteiger charge is -1.98. The third kappa shape index (κ3) is 28.7. The summed E-state index contributed by atoms with van der Waals surface area (Å²) in [6, 6.07) is 27.1. The van der Waals surface area contributed by atoms with Crippen LogP contribution in [0.1, 0.15) is 50.8 Å². The number of nitrogens with zero attached hydrogens (tertiary/aromatic N) is 2. The molecule has 68 heavy (non-hydrogen) atoms. The van der Waals surface area contributed by atoms with E-state index in [4.69, 9.17) is 60.3 Å². The van der Waals surface area contributed by atoms with Crippen molar-refractivity contribution in [1.29, 1.82) is 0 Å². The Labute approximate surface area is 460 Å². The average Bonchev–Trinajstić information content (AvgIpc) is 3.72. The number of benzene rings is 5. The minimum atomic E-state index is -1.31. The molecule has 1 heterocycles. The summed E-state index contributed by atoms with van der Waals surface area (Å²) >= 11 is 28.0. The highest BCUT2D eigenvalue weighted by Gasteiger charge is 2.07. The summed E-state index contributed by atoms with van der Waals surface area (Å²) in [7, 11) is 0. The average molecular weight is 1470 g/mol. The molecule has 0 aliphatic heterocycles. The van der Waals surface area contributed by atoms with Gasteiger partial charge in [0.05, 0.1) is 28.0 Å². The summed E-state index contributed by atoms with van der Waals surface area (Å²) in [5.74, 6) is -3.98. The quantitative estimate of drug-likeness (QED) is 0.0390. The first-order chi connectivity index (χ1) is 31.8. The number of carbonyl (C=O) groups is 5. The van der Waals surface area contributed by atoms with Gasteiger partial charge in [0.2, 0.25) is 11.8 Å². The molecule has 0 spiro atoms. The van der Waals surface area contributed by atoms with Crippen LogP contribution in [-0.2, 0) is 32.0 Å². The second-order valence-corrected chi connectivity index (χ2v) is 15.5. The van der Waals surface area contributed by atoms with Gasteiger partial charge in [-0.1, -0.05) is 103 Å². The first-order valence-electron chi connectivity index (χ1n) is 18.3. The van der Waals surface area contributed by atoms with Crippen molar-refractivity contribution < 1.29 is 56.9 Å². The van der Waals surface area contributed by atoms with Crippen LogP contribution in [0, 0.1) is 17.5 Å². The third-order valence-electron chi connectivity index (χ3n) is 7.42. The maximum absolute atomic E-state index is 13.0. The molecule has 6 aromatic rings. The second kappa shape index (κ2) is 36.2. The number of ketones is 1. The maximum Gasteiger partial charge on any atom is 0.328 e. The Morgan fingerprint density at radius 2 is 1.07 bits per heavy atom. The number of aldehydes is 1. The summed E-state index contributed by atoms with van der Waals surface area (Å²) in [5.41, 5.74) is 8.74. The van der Waals surface area contributed by atoms with Gasteiger partial charge in [0.1, 0.15) is 23.9 Å². The first kappa shape index (κ1) is 64.2. The van der Waals surface area contributed by atoms with Gasteiger partial charge >= 0.3 is 17.9 Å². The monoisotopic (exact) mass is 1460 g/mol. The standard InChI is InChI=1S/C17H11BrClFN2O.C9H10BrNO.C9H6ClFO2.C7H4ClFO.C3H4O4.I2.HI/c18-13-5-1-11(2-6-13)9-17-22-21-16(23-17)8-4-12-3-7-14(20)10-15(12)19;10-8-3-1-7(2-4-8)5-9(12)6-11;10-8-5-7(11)3-1-6(8)2-4-9(12)13;8-7-3-6(9)2-1-5(7)4-10;4-2(5)1-3(6)7;1-2;/h1-8,10H,9H2;1-4H,5-6,11H2;1-5H,(H,12,13);1-4H;1H2,(H,4,5)(H,6,7);;1H/b8-4+;;4-2+;;;;. The zero-order chi connectivity index (χ0) is 50.5. The van der Waals surface area contributed by atoms with Gasteiger partial charge in [0.15, 0.2) is 12.1 Å². The smallest absolute Gasteiger partial charge is 0.328 e. The minimum Gasteiger partial charge on any atom is -0.481 e. The predicted molar refractivity (Wildman–Crippen MR) is 292 cm³/mol. The van der Waals surface area contributed by atoms with Crippen molar-refractivity contribution >= 4 is 176 Å². The Bertz CT molecular complexity index is 2600. The molecular weight excluding hydrogens is 1430 g/mol. The van der Waals surface area contributed by atoms with Gasteiger partial charge in [-0.25, -0.2) is 18.0 Å². The zero-order valence-electron chi connectivity index (χ0n) is 34.5. The highest BCUT2D eigenvalue weighted by Crippen LogP contribution is 2.21. The van der Waals surface area contributed by atoms with E-state index in [1.807, 2.05) is 48.5 Å². The van der Waals surface area contributed by atoms with Crippen molar-refractivity contribution in [2.24, 2.45) is 5.73 Å². The van der Waals surface area contributed by atoms with E-state index < -0.39 is 36.0 Å². The molecule has 0 saturated heterocycles. The third-order valence-corrected chi connectivity index (χ3v) is 9.46. The number of hydrogen-bond donors (Lipinski definition) is 4. The SMILES string of the molecule is Fc1ccc(/C=C/c2nnc(Cc3ccc(Br)cc3)o2)c(Cl)c1.I.II.NCC(=O)Cc1ccc(Br)cc1.O=C(O)/C=C/c1ccc(F)cc1Cl.O=C(O)CC(=O)O.O=Cc1ccc(F)cc1Cl. The number of nitrogens with two attached hydrogens (primary N) is 1. The molecule has 23 heteroatoms. The lowest BCUT2D eigenvalue weighted by molar-refractivity contribution is -0.147. The van der Waals surface area contributed by atoms with Crippen LogP contribution in [-0.4, -0.2) is 62.0 Å². The molecule has 0 radical (unpaired) electrons. The number of halogens is 11. The molecule has 6 rings (SSSR count). The van der Waals surface area contributed by atoms with Crippen LogP contribution in [0.5, 0.6) is 0 Å². The number of carboxylic acid groups (broad SMARTS) is 3. The highest BCUT2D eigenvalue weighted by molar-refractivity contribution is 15.0. The molecule has 0 fully saturated rings. The van der Waals surface area contributed by atoms with E-state index in [-0.39, 0.29) is 52.2 Å². The Morgan fingerprint density at radius 3 is 1.46 bits per heavy atom. The van der Waals surface area contributed by atoms with E-state index in [1.54, 1.807) is 18.2 Å². The van der Waals surface area contributed by atoms with E-state index in [0.29, 0.717) is 52.6 Å². The maximum atomic E-state index is 13.0. The van der Waals surface area contributed by atoms with E-state index in [9.17, 15) is 37.1 Å². The second-order valence-electron chi connectivity index (χ2n) is 12.5. The highest BCUT2D eigenvalue weighted by atomic mass is 128. The van der Waals surface area contributed by atoms with Gasteiger partial charge in [0.25, 0.3) is 0 Å². The Balaban J connectivity index is 0.000000866. The number of carbonyl (C=O) groups excluding carboxylic acids is 2. The molecule has 0 saturated carbocycles. The molecule has 12 nitrogen and oxygen atoms in total. The number of aromatic nitrogens is 2. The Kier molecular flexibility index (Phi) is 34.2. The minimum absolute atomic E-state index is 0. The molecule has 0 amide bonds. The number of Topliss-reactive ketones (excluding diaryl/α,β-unsaturated/α-hetero) is 1. The van der Waals surface area contributed by atoms with E-state index in [2.05, 4.69) is 79.3 Å². The van der Waals surface area contributed by atoms with Crippen molar-refractivity contribution in [2.45, 2.75) is 19.3 Å².